The van der Waals surface area contributed by atoms with Crippen LogP contribution in [-0.4, -0.2) is 48.3 Å². The third-order valence-corrected chi connectivity index (χ3v) is 2.22. The quantitative estimate of drug-likeness (QED) is 0.657. The standard InChI is InChI=1S/C11H24O4.C2H6/c1-10(14-9-7-13)4-8-15-11(2,3)5-6-12;1-2/h10,12-13H,4-9H2,1-3H3;1-2H3. The van der Waals surface area contributed by atoms with Gasteiger partial charge in [-0.1, -0.05) is 13.8 Å². The molecular weight excluding hydrogens is 220 g/mol. The summed E-state index contributed by atoms with van der Waals surface area (Å²) in [6, 6.07) is 0. The van der Waals surface area contributed by atoms with Gasteiger partial charge in [-0.15, -0.1) is 0 Å². The highest BCUT2D eigenvalue weighted by Crippen LogP contribution is 2.14. The molecule has 4 heteroatoms. The largest absolute Gasteiger partial charge is 0.396 e. The lowest BCUT2D eigenvalue weighted by molar-refractivity contribution is -0.0525. The highest BCUT2D eigenvalue weighted by Gasteiger charge is 2.17. The maximum absolute atomic E-state index is 8.79. The molecule has 0 aromatic rings. The third-order valence-electron chi connectivity index (χ3n) is 2.22. The number of aliphatic hydroxyl groups excluding tert-OH is 2. The van der Waals surface area contributed by atoms with Gasteiger partial charge in [0.05, 0.1) is 24.9 Å². The van der Waals surface area contributed by atoms with Crippen LogP contribution in [0.3, 0.4) is 0 Å². The molecule has 0 aliphatic carbocycles. The summed E-state index contributed by atoms with van der Waals surface area (Å²) >= 11 is 0. The van der Waals surface area contributed by atoms with Gasteiger partial charge in [0.15, 0.2) is 0 Å². The molecule has 0 fully saturated rings. The van der Waals surface area contributed by atoms with Gasteiger partial charge in [0.25, 0.3) is 0 Å². The van der Waals surface area contributed by atoms with Crippen LogP contribution in [0.5, 0.6) is 0 Å². The zero-order valence-corrected chi connectivity index (χ0v) is 12.0. The van der Waals surface area contributed by atoms with E-state index in [-0.39, 0.29) is 24.9 Å². The molecule has 0 radical (unpaired) electrons. The summed E-state index contributed by atoms with van der Waals surface area (Å²) in [6.45, 7) is 11.1. The Hall–Kier alpha value is -0.160. The van der Waals surface area contributed by atoms with Gasteiger partial charge >= 0.3 is 0 Å². The number of hydrogen-bond donors (Lipinski definition) is 2. The van der Waals surface area contributed by atoms with Crippen LogP contribution >= 0.6 is 0 Å². The van der Waals surface area contributed by atoms with Crippen LogP contribution in [0.2, 0.25) is 0 Å². The molecule has 0 aromatic carbocycles. The second-order valence-corrected chi connectivity index (χ2v) is 4.28. The van der Waals surface area contributed by atoms with E-state index in [4.69, 9.17) is 19.7 Å². The van der Waals surface area contributed by atoms with Crippen molar-refractivity contribution >= 4 is 0 Å². The molecule has 0 rings (SSSR count). The van der Waals surface area contributed by atoms with Crippen molar-refractivity contribution in [3.8, 4) is 0 Å². The van der Waals surface area contributed by atoms with Gasteiger partial charge in [-0.2, -0.15) is 0 Å². The Morgan fingerprint density at radius 2 is 1.65 bits per heavy atom. The van der Waals surface area contributed by atoms with Gasteiger partial charge in [-0.25, -0.2) is 0 Å². The molecule has 0 aliphatic rings. The molecule has 0 spiro atoms. The van der Waals surface area contributed by atoms with Crippen molar-refractivity contribution in [2.24, 2.45) is 0 Å². The highest BCUT2D eigenvalue weighted by atomic mass is 16.5. The summed E-state index contributed by atoms with van der Waals surface area (Å²) in [5, 5.41) is 17.3. The molecule has 0 heterocycles. The van der Waals surface area contributed by atoms with E-state index in [1.165, 1.54) is 0 Å². The first-order chi connectivity index (χ1) is 8.02. The van der Waals surface area contributed by atoms with E-state index in [0.29, 0.717) is 19.6 Å². The minimum Gasteiger partial charge on any atom is -0.396 e. The van der Waals surface area contributed by atoms with Crippen LogP contribution in [0.4, 0.5) is 0 Å². The maximum atomic E-state index is 8.79. The molecule has 17 heavy (non-hydrogen) atoms. The maximum Gasteiger partial charge on any atom is 0.0701 e. The first-order valence-electron chi connectivity index (χ1n) is 6.49. The fourth-order valence-electron chi connectivity index (χ4n) is 1.18. The second kappa shape index (κ2) is 12.3. The molecule has 0 aromatic heterocycles. The topological polar surface area (TPSA) is 58.9 Å². The van der Waals surface area contributed by atoms with Crippen molar-refractivity contribution in [1.82, 2.24) is 0 Å². The van der Waals surface area contributed by atoms with E-state index < -0.39 is 0 Å². The minimum atomic E-state index is -0.272. The van der Waals surface area contributed by atoms with Gasteiger partial charge < -0.3 is 19.7 Å². The summed E-state index contributed by atoms with van der Waals surface area (Å²) in [5.41, 5.74) is -0.272. The Morgan fingerprint density at radius 1 is 1.06 bits per heavy atom. The number of hydrogen-bond acceptors (Lipinski definition) is 4. The fourth-order valence-corrected chi connectivity index (χ4v) is 1.18. The number of rotatable bonds is 9. The van der Waals surface area contributed by atoms with Crippen molar-refractivity contribution < 1.29 is 19.7 Å². The zero-order valence-electron chi connectivity index (χ0n) is 12.0. The average Bonchev–Trinajstić information content (AvgIpc) is 2.28. The molecule has 0 bridgehead atoms. The Morgan fingerprint density at radius 3 is 2.12 bits per heavy atom. The average molecular weight is 250 g/mol. The van der Waals surface area contributed by atoms with Gasteiger partial charge in [-0.3, -0.25) is 0 Å². The first-order valence-corrected chi connectivity index (χ1v) is 6.49. The van der Waals surface area contributed by atoms with E-state index in [1.54, 1.807) is 0 Å². The SMILES string of the molecule is CC.CC(CCOC(C)(C)CCO)OCCO. The number of ether oxygens (including phenoxy) is 2. The van der Waals surface area contributed by atoms with Gasteiger partial charge in [0, 0.05) is 13.2 Å². The van der Waals surface area contributed by atoms with Gasteiger partial charge in [-0.05, 0) is 33.6 Å². The molecule has 1 atom stereocenters. The highest BCUT2D eigenvalue weighted by molar-refractivity contribution is 4.67. The Kier molecular flexibility index (Phi) is 13.9. The molecule has 0 aliphatic heterocycles. The molecule has 2 N–H and O–H groups in total. The summed E-state index contributed by atoms with van der Waals surface area (Å²) < 4.78 is 10.9. The minimum absolute atomic E-state index is 0.0567. The van der Waals surface area contributed by atoms with Crippen LogP contribution in [-0.2, 0) is 9.47 Å². The molecule has 0 amide bonds. The van der Waals surface area contributed by atoms with E-state index in [0.717, 1.165) is 6.42 Å². The first kappa shape index (κ1) is 19.2. The molecule has 0 saturated carbocycles. The van der Waals surface area contributed by atoms with Crippen LogP contribution < -0.4 is 0 Å². The molecule has 4 nitrogen and oxygen atoms in total. The fraction of sp³-hybridized carbons (Fsp3) is 1.00. The van der Waals surface area contributed by atoms with Crippen molar-refractivity contribution in [1.29, 1.82) is 0 Å². The Balaban J connectivity index is 0. The molecule has 106 valence electrons. The van der Waals surface area contributed by atoms with E-state index >= 15 is 0 Å². The smallest absolute Gasteiger partial charge is 0.0701 e. The van der Waals surface area contributed by atoms with E-state index in [1.807, 2.05) is 34.6 Å². The summed E-state index contributed by atoms with van der Waals surface area (Å²) in [4.78, 5) is 0. The Labute approximate surface area is 106 Å². The predicted octanol–water partition coefficient (Wildman–Crippen LogP) is 1.98. The molecule has 1 unspecified atom stereocenters. The van der Waals surface area contributed by atoms with Crippen molar-refractivity contribution in [2.75, 3.05) is 26.4 Å². The van der Waals surface area contributed by atoms with Crippen molar-refractivity contribution in [3.63, 3.8) is 0 Å². The van der Waals surface area contributed by atoms with Crippen molar-refractivity contribution in [2.45, 2.75) is 59.2 Å². The van der Waals surface area contributed by atoms with Crippen LogP contribution in [0.25, 0.3) is 0 Å². The predicted molar refractivity (Wildman–Crippen MR) is 70.2 cm³/mol. The van der Waals surface area contributed by atoms with E-state index in [2.05, 4.69) is 0 Å². The third kappa shape index (κ3) is 13.8. The monoisotopic (exact) mass is 250 g/mol. The molecular formula is C13H30O4. The normalized spacial score (nSPS) is 12.9. The van der Waals surface area contributed by atoms with Crippen LogP contribution in [0, 0.1) is 0 Å². The zero-order chi connectivity index (χ0) is 13.7. The lowest BCUT2D eigenvalue weighted by Crippen LogP contribution is -2.27. The summed E-state index contributed by atoms with van der Waals surface area (Å²) in [5.74, 6) is 0. The lowest BCUT2D eigenvalue weighted by Gasteiger charge is -2.25. The van der Waals surface area contributed by atoms with Crippen LogP contribution in [0.1, 0.15) is 47.5 Å². The summed E-state index contributed by atoms with van der Waals surface area (Å²) in [6.07, 6.45) is 1.54. The summed E-state index contributed by atoms with van der Waals surface area (Å²) in [7, 11) is 0. The Bertz CT molecular complexity index is 148. The second-order valence-electron chi connectivity index (χ2n) is 4.28. The van der Waals surface area contributed by atoms with Gasteiger partial charge in [0.2, 0.25) is 0 Å². The number of aliphatic hydroxyl groups is 2. The van der Waals surface area contributed by atoms with E-state index in [9.17, 15) is 0 Å². The van der Waals surface area contributed by atoms with Crippen molar-refractivity contribution in [3.05, 3.63) is 0 Å². The van der Waals surface area contributed by atoms with Gasteiger partial charge in [0.1, 0.15) is 0 Å². The van der Waals surface area contributed by atoms with Crippen LogP contribution in [0.15, 0.2) is 0 Å². The lowest BCUT2D eigenvalue weighted by atomic mass is 10.1. The molecule has 0 saturated heterocycles.